The highest BCUT2D eigenvalue weighted by molar-refractivity contribution is 7.80. The first-order chi connectivity index (χ1) is 16.7. The van der Waals surface area contributed by atoms with Gasteiger partial charge in [0.15, 0.2) is 0 Å². The molecular formula is C23H35BNO8PS. The minimum Gasteiger partial charge on any atom is -0.431 e. The highest BCUT2D eigenvalue weighted by Gasteiger charge is 2.46. The summed E-state index contributed by atoms with van der Waals surface area (Å²) < 4.78 is 38.4. The Kier molecular flexibility index (Phi) is 13.0. The van der Waals surface area contributed by atoms with Crippen molar-refractivity contribution in [3.63, 3.8) is 0 Å². The molecule has 1 saturated heterocycles. The number of hydrogen-bond acceptors (Lipinski definition) is 8. The van der Waals surface area contributed by atoms with Crippen molar-refractivity contribution < 1.29 is 37.5 Å². The van der Waals surface area contributed by atoms with E-state index in [0.29, 0.717) is 6.42 Å². The topological polar surface area (TPSA) is 113 Å². The van der Waals surface area contributed by atoms with Crippen LogP contribution in [0.4, 0.5) is 4.79 Å². The lowest BCUT2D eigenvalue weighted by molar-refractivity contribution is -0.0303. The molecule has 1 aromatic rings. The predicted molar refractivity (Wildman–Crippen MR) is 139 cm³/mol. The second kappa shape index (κ2) is 15.4. The van der Waals surface area contributed by atoms with Crippen LogP contribution in [-0.4, -0.2) is 62.4 Å². The summed E-state index contributed by atoms with van der Waals surface area (Å²) in [5.41, 5.74) is 0.828. The lowest BCUT2D eigenvalue weighted by Gasteiger charge is -2.24. The van der Waals surface area contributed by atoms with E-state index >= 15 is 0 Å². The molecule has 1 heterocycles. The van der Waals surface area contributed by atoms with Gasteiger partial charge < -0.3 is 24.4 Å². The standard InChI is InChI=1S/C23H35BNO8PS/c1-17(35)25-14-10-5-3-4-9-13-19-21(33-34(27,28)29-2)20(32-22(19)24)16-31-23(26)30-15-18-11-7-6-8-12-18/h4,6-9,11-12,19-22H,3,5,10,13-16,24H2,1-2H3,(H,25,35)(H,27,28)/b9-4+/t19?,20-,21-,22-/m1/s1. The normalized spacial score (nSPS) is 23.6. The number of phosphoric acid groups is 1. The number of rotatable bonds is 14. The molecule has 9 nitrogen and oxygen atoms in total. The number of nitrogens with one attached hydrogen (secondary N) is 1. The van der Waals surface area contributed by atoms with E-state index in [2.05, 4.69) is 15.9 Å². The maximum atomic E-state index is 12.1. The summed E-state index contributed by atoms with van der Waals surface area (Å²) in [6.45, 7) is 2.61. The summed E-state index contributed by atoms with van der Waals surface area (Å²) in [4.78, 5) is 22.8. The molecule has 1 aliphatic rings. The molecule has 1 aliphatic heterocycles. The van der Waals surface area contributed by atoms with E-state index in [4.69, 9.17) is 31.0 Å². The zero-order chi connectivity index (χ0) is 25.7. The van der Waals surface area contributed by atoms with Crippen molar-refractivity contribution in [2.75, 3.05) is 20.3 Å². The summed E-state index contributed by atoms with van der Waals surface area (Å²) in [5, 5.41) is 3.13. The van der Waals surface area contributed by atoms with E-state index in [-0.39, 0.29) is 25.1 Å². The molecule has 0 saturated carbocycles. The van der Waals surface area contributed by atoms with E-state index < -0.39 is 26.2 Å². The van der Waals surface area contributed by atoms with Gasteiger partial charge in [-0.25, -0.2) is 9.36 Å². The quantitative estimate of drug-likeness (QED) is 0.0931. The molecule has 5 atom stereocenters. The molecule has 2 N–H and O–H groups in total. The summed E-state index contributed by atoms with van der Waals surface area (Å²) in [6, 6.07) is 8.93. The van der Waals surface area contributed by atoms with Gasteiger partial charge in [-0.3, -0.25) is 9.05 Å². The van der Waals surface area contributed by atoms with Gasteiger partial charge in [0.25, 0.3) is 0 Å². The second-order valence-electron chi connectivity index (χ2n) is 8.29. The molecule has 35 heavy (non-hydrogen) atoms. The number of carbonyl (C=O) groups is 1. The summed E-state index contributed by atoms with van der Waals surface area (Å²) in [7, 11) is -1.33. The summed E-state index contributed by atoms with van der Waals surface area (Å²) >= 11 is 4.99. The SMILES string of the molecule is B[C@@H]1O[C@H](COC(=O)OCc2ccccc2)[C@H](OP(=O)(O)OC)C1C/C=C/CCCCNC(C)=S. The fourth-order valence-electron chi connectivity index (χ4n) is 3.73. The average molecular weight is 527 g/mol. The number of allylic oxidation sites excluding steroid dienone is 2. The second-order valence-corrected chi connectivity index (χ2v) is 10.4. The van der Waals surface area contributed by atoms with Crippen LogP contribution in [0.1, 0.15) is 38.2 Å². The van der Waals surface area contributed by atoms with Gasteiger partial charge in [-0.05, 0) is 38.2 Å². The smallest absolute Gasteiger partial charge is 0.431 e. The van der Waals surface area contributed by atoms with Crippen LogP contribution >= 0.6 is 20.0 Å². The van der Waals surface area contributed by atoms with Gasteiger partial charge in [0.1, 0.15) is 33.3 Å². The van der Waals surface area contributed by atoms with Gasteiger partial charge in [-0.1, -0.05) is 54.7 Å². The van der Waals surface area contributed by atoms with Crippen molar-refractivity contribution in [3.8, 4) is 0 Å². The molecule has 2 unspecified atom stereocenters. The number of benzene rings is 1. The van der Waals surface area contributed by atoms with Crippen LogP contribution in [0.3, 0.4) is 0 Å². The molecule has 0 bridgehead atoms. The van der Waals surface area contributed by atoms with Crippen molar-refractivity contribution >= 4 is 39.0 Å². The maximum absolute atomic E-state index is 12.1. The van der Waals surface area contributed by atoms with Crippen LogP contribution in [0.25, 0.3) is 0 Å². The minimum atomic E-state index is -4.28. The van der Waals surface area contributed by atoms with Crippen molar-refractivity contribution in [2.45, 2.75) is 57.4 Å². The predicted octanol–water partition coefficient (Wildman–Crippen LogP) is 3.50. The monoisotopic (exact) mass is 527 g/mol. The van der Waals surface area contributed by atoms with Crippen LogP contribution in [-0.2, 0) is 34.4 Å². The molecule has 0 aliphatic carbocycles. The van der Waals surface area contributed by atoms with Crippen LogP contribution < -0.4 is 5.32 Å². The largest absolute Gasteiger partial charge is 0.508 e. The fraction of sp³-hybridized carbons (Fsp3) is 0.565. The zero-order valence-electron chi connectivity index (χ0n) is 20.5. The van der Waals surface area contributed by atoms with Gasteiger partial charge in [0, 0.05) is 25.6 Å². The van der Waals surface area contributed by atoms with Gasteiger partial charge in [-0.2, -0.15) is 0 Å². The number of carbonyl (C=O) groups excluding carboxylic acids is 1. The van der Waals surface area contributed by atoms with Crippen LogP contribution in [0.5, 0.6) is 0 Å². The Labute approximate surface area is 213 Å². The third kappa shape index (κ3) is 11.2. The van der Waals surface area contributed by atoms with E-state index in [0.717, 1.165) is 43.5 Å². The summed E-state index contributed by atoms with van der Waals surface area (Å²) in [5.74, 6) is -0.227. The fourth-order valence-corrected chi connectivity index (χ4v) is 4.52. The Morgan fingerprint density at radius 3 is 2.69 bits per heavy atom. The van der Waals surface area contributed by atoms with Gasteiger partial charge in [0.05, 0.1) is 4.99 Å². The first-order valence-corrected chi connectivity index (χ1v) is 13.6. The van der Waals surface area contributed by atoms with Crippen LogP contribution in [0.2, 0.25) is 0 Å². The molecule has 0 radical (unpaired) electrons. The van der Waals surface area contributed by atoms with Gasteiger partial charge in [-0.15, -0.1) is 0 Å². The lowest BCUT2D eigenvalue weighted by atomic mass is 9.82. The van der Waals surface area contributed by atoms with Crippen LogP contribution in [0, 0.1) is 5.92 Å². The number of ether oxygens (including phenoxy) is 3. The average Bonchev–Trinajstić information content (AvgIpc) is 3.11. The van der Waals surface area contributed by atoms with Crippen LogP contribution in [0.15, 0.2) is 42.5 Å². The zero-order valence-corrected chi connectivity index (χ0v) is 22.2. The van der Waals surface area contributed by atoms with Crippen molar-refractivity contribution in [1.82, 2.24) is 5.32 Å². The third-order valence-electron chi connectivity index (χ3n) is 5.58. The molecule has 1 fully saturated rings. The molecule has 12 heteroatoms. The highest BCUT2D eigenvalue weighted by atomic mass is 32.1. The van der Waals surface area contributed by atoms with Crippen molar-refractivity contribution in [1.29, 1.82) is 0 Å². The Morgan fingerprint density at radius 1 is 1.26 bits per heavy atom. The first kappa shape index (κ1) is 29.5. The third-order valence-corrected chi connectivity index (χ3v) is 6.69. The Morgan fingerprint density at radius 2 is 2.00 bits per heavy atom. The Bertz CT molecular complexity index is 874. The number of unbranched alkanes of at least 4 members (excludes halogenated alkanes) is 2. The molecule has 1 aromatic carbocycles. The molecule has 2 rings (SSSR count). The lowest BCUT2D eigenvalue weighted by Crippen LogP contribution is -2.34. The highest BCUT2D eigenvalue weighted by Crippen LogP contribution is 2.48. The van der Waals surface area contributed by atoms with E-state index in [1.807, 2.05) is 51.2 Å². The molecule has 0 spiro atoms. The Balaban J connectivity index is 1.87. The molecule has 194 valence electrons. The Hall–Kier alpha value is -1.75. The van der Waals surface area contributed by atoms with E-state index in [9.17, 15) is 14.3 Å². The number of hydrogen-bond donors (Lipinski definition) is 2. The van der Waals surface area contributed by atoms with Gasteiger partial charge >= 0.3 is 14.0 Å². The minimum absolute atomic E-state index is 0.0750. The van der Waals surface area contributed by atoms with E-state index in [1.165, 1.54) is 0 Å². The number of thiocarbonyl (C=S) groups is 1. The van der Waals surface area contributed by atoms with Gasteiger partial charge in [0.2, 0.25) is 0 Å². The molecule has 0 aromatic heterocycles. The molecule has 0 amide bonds. The maximum Gasteiger partial charge on any atom is 0.508 e. The van der Waals surface area contributed by atoms with E-state index in [1.54, 1.807) is 0 Å². The van der Waals surface area contributed by atoms with Crippen molar-refractivity contribution in [3.05, 3.63) is 48.0 Å². The van der Waals surface area contributed by atoms with Crippen molar-refractivity contribution in [2.24, 2.45) is 5.92 Å². The first-order valence-electron chi connectivity index (χ1n) is 11.7. The summed E-state index contributed by atoms with van der Waals surface area (Å²) in [6.07, 6.45) is 5.19. The molecular weight excluding hydrogens is 492 g/mol. The number of phosphoric ester groups is 1.